The number of nitrogens with zero attached hydrogens (tertiary/aromatic N) is 3. The van der Waals surface area contributed by atoms with Crippen molar-refractivity contribution in [2.24, 2.45) is 13.0 Å². The van der Waals surface area contributed by atoms with Gasteiger partial charge in [0.05, 0.1) is 11.4 Å². The predicted octanol–water partition coefficient (Wildman–Crippen LogP) is 0.996. The molecule has 0 spiro atoms. The number of carbonyl (C=O) groups excluding carboxylic acids is 2. The van der Waals surface area contributed by atoms with Gasteiger partial charge in [-0.1, -0.05) is 13.8 Å². The minimum Gasteiger partial charge on any atom is -0.344 e. The molecule has 1 aromatic rings. The molecule has 110 valence electrons. The van der Waals surface area contributed by atoms with Crippen molar-refractivity contribution in [3.05, 3.63) is 11.9 Å². The maximum absolute atomic E-state index is 12.7. The van der Waals surface area contributed by atoms with Crippen molar-refractivity contribution in [2.45, 2.75) is 39.7 Å². The van der Waals surface area contributed by atoms with Crippen LogP contribution < -0.4 is 10.2 Å². The smallest absolute Gasteiger partial charge is 0.249 e. The summed E-state index contributed by atoms with van der Waals surface area (Å²) >= 11 is 0. The molecule has 2 rings (SSSR count). The number of nitrogens with one attached hydrogen (secondary N) is 1. The topological polar surface area (TPSA) is 67.2 Å². The molecule has 1 aliphatic rings. The number of anilines is 1. The molecule has 6 nitrogen and oxygen atoms in total. The summed E-state index contributed by atoms with van der Waals surface area (Å²) in [6, 6.07) is -0.440. The summed E-state index contributed by atoms with van der Waals surface area (Å²) in [5.74, 6) is 0.243. The van der Waals surface area contributed by atoms with Crippen LogP contribution in [0.25, 0.3) is 0 Å². The highest BCUT2D eigenvalue weighted by Crippen LogP contribution is 2.22. The first-order valence-electron chi connectivity index (χ1n) is 6.99. The monoisotopic (exact) mass is 278 g/mol. The zero-order valence-electron chi connectivity index (χ0n) is 12.5. The van der Waals surface area contributed by atoms with Crippen LogP contribution in [0.3, 0.4) is 0 Å². The van der Waals surface area contributed by atoms with Gasteiger partial charge in [0.25, 0.3) is 0 Å². The van der Waals surface area contributed by atoms with Crippen molar-refractivity contribution in [3.63, 3.8) is 0 Å². The summed E-state index contributed by atoms with van der Waals surface area (Å²) in [7, 11) is 1.83. The van der Waals surface area contributed by atoms with Crippen molar-refractivity contribution < 1.29 is 9.59 Å². The number of hydrogen-bond donors (Lipinski definition) is 1. The predicted molar refractivity (Wildman–Crippen MR) is 76.3 cm³/mol. The quantitative estimate of drug-likeness (QED) is 0.897. The van der Waals surface area contributed by atoms with E-state index < -0.39 is 6.04 Å². The molecule has 0 aromatic carbocycles. The number of aromatic nitrogens is 2. The maximum atomic E-state index is 12.7. The lowest BCUT2D eigenvalue weighted by Crippen LogP contribution is -2.45. The molecular weight excluding hydrogens is 256 g/mol. The second-order valence-electron chi connectivity index (χ2n) is 5.76. The highest BCUT2D eigenvalue weighted by molar-refractivity contribution is 6.01. The highest BCUT2D eigenvalue weighted by Gasteiger charge is 2.32. The van der Waals surface area contributed by atoms with Gasteiger partial charge >= 0.3 is 0 Å². The molecule has 1 unspecified atom stereocenters. The molecule has 1 aliphatic heterocycles. The Morgan fingerprint density at radius 3 is 2.70 bits per heavy atom. The Morgan fingerprint density at radius 2 is 2.15 bits per heavy atom. The van der Waals surface area contributed by atoms with E-state index in [0.29, 0.717) is 25.3 Å². The van der Waals surface area contributed by atoms with Gasteiger partial charge in [-0.3, -0.25) is 14.3 Å². The Labute approximate surface area is 119 Å². The van der Waals surface area contributed by atoms with Crippen molar-refractivity contribution >= 4 is 17.5 Å². The Bertz CT molecular complexity index is 521. The molecule has 0 radical (unpaired) electrons. The number of rotatable bonds is 3. The van der Waals surface area contributed by atoms with Gasteiger partial charge < -0.3 is 10.2 Å². The van der Waals surface area contributed by atoms with Crippen LogP contribution in [-0.2, 0) is 16.6 Å². The Kier molecular flexibility index (Phi) is 4.11. The van der Waals surface area contributed by atoms with E-state index in [1.807, 2.05) is 34.0 Å². The zero-order valence-corrected chi connectivity index (χ0v) is 12.5. The van der Waals surface area contributed by atoms with Crippen LogP contribution in [-0.4, -0.2) is 34.2 Å². The van der Waals surface area contributed by atoms with Crippen molar-refractivity contribution in [3.8, 4) is 0 Å². The van der Waals surface area contributed by atoms with Gasteiger partial charge in [-0.2, -0.15) is 5.10 Å². The van der Waals surface area contributed by atoms with E-state index in [1.165, 1.54) is 0 Å². The van der Waals surface area contributed by atoms with E-state index in [-0.39, 0.29) is 11.8 Å². The van der Waals surface area contributed by atoms with Gasteiger partial charge in [0.2, 0.25) is 11.8 Å². The highest BCUT2D eigenvalue weighted by atomic mass is 16.2. The molecule has 1 aromatic heterocycles. The van der Waals surface area contributed by atoms with Crippen molar-refractivity contribution in [1.29, 1.82) is 0 Å². The third kappa shape index (κ3) is 3.00. The van der Waals surface area contributed by atoms with Crippen LogP contribution >= 0.6 is 0 Å². The summed E-state index contributed by atoms with van der Waals surface area (Å²) in [5, 5.41) is 7.10. The average Bonchev–Trinajstić information content (AvgIpc) is 2.60. The van der Waals surface area contributed by atoms with E-state index in [1.54, 1.807) is 9.58 Å². The molecule has 2 heterocycles. The molecule has 6 heteroatoms. The second-order valence-corrected chi connectivity index (χ2v) is 5.76. The van der Waals surface area contributed by atoms with E-state index >= 15 is 0 Å². The first-order valence-corrected chi connectivity index (χ1v) is 6.99. The van der Waals surface area contributed by atoms with Gasteiger partial charge in [0.15, 0.2) is 0 Å². The minimum absolute atomic E-state index is 0.0411. The summed E-state index contributed by atoms with van der Waals surface area (Å²) in [6.45, 7) is 6.37. The Balaban J connectivity index is 2.30. The average molecular weight is 278 g/mol. The molecule has 20 heavy (non-hydrogen) atoms. The first kappa shape index (κ1) is 14.6. The molecule has 1 atom stereocenters. The largest absolute Gasteiger partial charge is 0.344 e. The van der Waals surface area contributed by atoms with Gasteiger partial charge in [0, 0.05) is 26.2 Å². The summed E-state index contributed by atoms with van der Waals surface area (Å²) in [5.41, 5.74) is 1.60. The molecule has 0 saturated carbocycles. The van der Waals surface area contributed by atoms with Gasteiger partial charge in [0.1, 0.15) is 6.04 Å². The third-order valence-electron chi connectivity index (χ3n) is 3.45. The van der Waals surface area contributed by atoms with E-state index in [2.05, 4.69) is 10.4 Å². The molecule has 0 aliphatic carbocycles. The number of carbonyl (C=O) groups is 2. The Hall–Kier alpha value is -1.85. The summed E-state index contributed by atoms with van der Waals surface area (Å²) in [6.07, 6.45) is 2.81. The molecule has 1 saturated heterocycles. The summed E-state index contributed by atoms with van der Waals surface area (Å²) in [4.78, 5) is 26.1. The SMILES string of the molecule is Cc1nn(C)cc1N1CCC(=O)NC(CC(C)C)C1=O. The van der Waals surface area contributed by atoms with Crippen molar-refractivity contribution in [1.82, 2.24) is 15.1 Å². The van der Waals surface area contributed by atoms with Crippen LogP contribution in [0.2, 0.25) is 0 Å². The lowest BCUT2D eigenvalue weighted by molar-refractivity contribution is -0.125. The number of aryl methyl sites for hydroxylation is 2. The van der Waals surface area contributed by atoms with E-state index in [9.17, 15) is 9.59 Å². The van der Waals surface area contributed by atoms with E-state index in [0.717, 1.165) is 11.4 Å². The molecule has 0 bridgehead atoms. The van der Waals surface area contributed by atoms with E-state index in [4.69, 9.17) is 0 Å². The number of hydrogen-bond acceptors (Lipinski definition) is 3. The minimum atomic E-state index is -0.440. The molecule has 2 amide bonds. The number of amides is 2. The zero-order chi connectivity index (χ0) is 14.9. The lowest BCUT2D eigenvalue weighted by Gasteiger charge is -2.24. The van der Waals surface area contributed by atoms with Gasteiger partial charge in [-0.05, 0) is 19.3 Å². The van der Waals surface area contributed by atoms with Crippen LogP contribution in [0.1, 0.15) is 32.4 Å². The summed E-state index contributed by atoms with van der Waals surface area (Å²) < 4.78 is 1.69. The first-order chi connectivity index (χ1) is 9.38. The standard InChI is InChI=1S/C14H22N4O2/c1-9(2)7-11-14(20)18(6-5-13(19)15-11)12-8-17(4)16-10(12)3/h8-9,11H,5-7H2,1-4H3,(H,15,19). The van der Waals surface area contributed by atoms with Crippen molar-refractivity contribution in [2.75, 3.05) is 11.4 Å². The fraction of sp³-hybridized carbons (Fsp3) is 0.643. The normalized spacial score (nSPS) is 20.2. The second kappa shape index (κ2) is 5.64. The Morgan fingerprint density at radius 1 is 1.45 bits per heavy atom. The van der Waals surface area contributed by atoms with Crippen LogP contribution in [0.5, 0.6) is 0 Å². The van der Waals surface area contributed by atoms with Crippen LogP contribution in [0.4, 0.5) is 5.69 Å². The molecular formula is C14H22N4O2. The maximum Gasteiger partial charge on any atom is 0.249 e. The molecule has 1 fully saturated rings. The fourth-order valence-electron chi connectivity index (χ4n) is 2.56. The lowest BCUT2D eigenvalue weighted by atomic mass is 10.0. The van der Waals surface area contributed by atoms with Crippen LogP contribution in [0, 0.1) is 12.8 Å². The molecule has 1 N–H and O–H groups in total. The third-order valence-corrected chi connectivity index (χ3v) is 3.45. The van der Waals surface area contributed by atoms with Gasteiger partial charge in [-0.15, -0.1) is 0 Å². The fourth-order valence-corrected chi connectivity index (χ4v) is 2.56. The van der Waals surface area contributed by atoms with Crippen LogP contribution in [0.15, 0.2) is 6.20 Å². The van der Waals surface area contributed by atoms with Gasteiger partial charge in [-0.25, -0.2) is 0 Å².